The molecule has 1 heterocycles. The molecule has 0 saturated carbocycles. The summed E-state index contributed by atoms with van der Waals surface area (Å²) in [5, 5.41) is 5.64. The van der Waals surface area contributed by atoms with Gasteiger partial charge in [-0.05, 0) is 35.1 Å². The van der Waals surface area contributed by atoms with Crippen molar-refractivity contribution in [2.45, 2.75) is 0 Å². The Labute approximate surface area is 106 Å². The lowest BCUT2D eigenvalue weighted by Gasteiger charge is -2.22. The molecule has 2 aromatic carbocycles. The maximum atomic E-state index is 5.82. The third-order valence-corrected chi connectivity index (χ3v) is 2.99. The van der Waals surface area contributed by atoms with Crippen molar-refractivity contribution in [2.75, 3.05) is 5.32 Å². The minimum absolute atomic E-state index is 0.702. The lowest BCUT2D eigenvalue weighted by atomic mass is 10.1. The Bertz CT molecular complexity index is 624. The van der Waals surface area contributed by atoms with E-state index in [-0.39, 0.29) is 0 Å². The third kappa shape index (κ3) is 1.59. The first-order valence-corrected chi connectivity index (χ1v) is 5.78. The highest BCUT2D eigenvalue weighted by atomic mass is 16.5. The summed E-state index contributed by atoms with van der Waals surface area (Å²) in [6, 6.07) is 12.3. The standard InChI is InChI=1S/C16H13NO/c1-3-13-15(4-2)18-16-10-12-8-6-5-7-11(12)9-14(16)17-13/h3-10,17H,1-2H2. The molecule has 1 N–H and O–H groups in total. The van der Waals surface area contributed by atoms with Gasteiger partial charge in [0.25, 0.3) is 0 Å². The van der Waals surface area contributed by atoms with Crippen LogP contribution in [0, 0.1) is 0 Å². The highest BCUT2D eigenvalue weighted by Crippen LogP contribution is 2.36. The molecular weight excluding hydrogens is 222 g/mol. The Hall–Kier alpha value is -2.48. The fraction of sp³-hybridized carbons (Fsp3) is 0. The van der Waals surface area contributed by atoms with Crippen molar-refractivity contribution in [3.05, 3.63) is 73.2 Å². The van der Waals surface area contributed by atoms with Gasteiger partial charge < -0.3 is 10.1 Å². The largest absolute Gasteiger partial charge is 0.453 e. The molecule has 0 atom stereocenters. The molecular formula is C16H13NO. The lowest BCUT2D eigenvalue weighted by Crippen LogP contribution is -2.11. The van der Waals surface area contributed by atoms with Gasteiger partial charge in [-0.15, -0.1) is 0 Å². The summed E-state index contributed by atoms with van der Waals surface area (Å²) < 4.78 is 5.82. The van der Waals surface area contributed by atoms with Gasteiger partial charge in [0.15, 0.2) is 5.75 Å². The van der Waals surface area contributed by atoms with Crippen LogP contribution >= 0.6 is 0 Å². The van der Waals surface area contributed by atoms with Crippen molar-refractivity contribution < 1.29 is 4.74 Å². The smallest absolute Gasteiger partial charge is 0.151 e. The number of fused-ring (bicyclic) bond motifs is 2. The van der Waals surface area contributed by atoms with Gasteiger partial charge in [0.2, 0.25) is 0 Å². The van der Waals surface area contributed by atoms with Crippen LogP contribution in [-0.4, -0.2) is 0 Å². The van der Waals surface area contributed by atoms with Crippen LogP contribution in [0.15, 0.2) is 73.2 Å². The van der Waals surface area contributed by atoms with Crippen LogP contribution in [0.5, 0.6) is 5.75 Å². The molecule has 2 nitrogen and oxygen atoms in total. The van der Waals surface area contributed by atoms with Gasteiger partial charge in [0.1, 0.15) is 5.76 Å². The molecule has 0 saturated heterocycles. The number of nitrogens with one attached hydrogen (secondary N) is 1. The topological polar surface area (TPSA) is 21.3 Å². The van der Waals surface area contributed by atoms with Crippen LogP contribution in [0.1, 0.15) is 0 Å². The van der Waals surface area contributed by atoms with E-state index < -0.39 is 0 Å². The Balaban J connectivity index is 2.17. The van der Waals surface area contributed by atoms with Crippen LogP contribution in [0.4, 0.5) is 5.69 Å². The number of anilines is 1. The van der Waals surface area contributed by atoms with Crippen LogP contribution in [0.2, 0.25) is 0 Å². The van der Waals surface area contributed by atoms with E-state index in [1.807, 2.05) is 18.2 Å². The van der Waals surface area contributed by atoms with Gasteiger partial charge in [-0.3, -0.25) is 0 Å². The average Bonchev–Trinajstić information content (AvgIpc) is 2.43. The van der Waals surface area contributed by atoms with E-state index in [1.54, 1.807) is 12.2 Å². The molecule has 0 aromatic heterocycles. The van der Waals surface area contributed by atoms with E-state index in [9.17, 15) is 0 Å². The number of rotatable bonds is 2. The highest BCUT2D eigenvalue weighted by Gasteiger charge is 2.16. The van der Waals surface area contributed by atoms with Gasteiger partial charge in [-0.1, -0.05) is 37.4 Å². The summed E-state index contributed by atoms with van der Waals surface area (Å²) >= 11 is 0. The maximum Gasteiger partial charge on any atom is 0.151 e. The normalized spacial score (nSPS) is 13.6. The molecule has 0 bridgehead atoms. The number of benzene rings is 2. The summed E-state index contributed by atoms with van der Waals surface area (Å²) in [7, 11) is 0. The molecule has 0 aliphatic carbocycles. The molecule has 88 valence electrons. The molecule has 0 amide bonds. The first kappa shape index (κ1) is 10.7. The van der Waals surface area contributed by atoms with Crippen molar-refractivity contribution >= 4 is 16.5 Å². The molecule has 3 rings (SSSR count). The van der Waals surface area contributed by atoms with Gasteiger partial charge >= 0.3 is 0 Å². The minimum atomic E-state index is 0.702. The second-order valence-corrected chi connectivity index (χ2v) is 4.11. The SMILES string of the molecule is C=CC1=C(C=C)Oc2cc3ccccc3cc2N1. The molecule has 0 unspecified atom stereocenters. The summed E-state index contributed by atoms with van der Waals surface area (Å²) in [4.78, 5) is 0. The third-order valence-electron chi connectivity index (χ3n) is 2.99. The van der Waals surface area contributed by atoms with E-state index in [0.29, 0.717) is 5.76 Å². The molecule has 2 aromatic rings. The van der Waals surface area contributed by atoms with Gasteiger partial charge in [0, 0.05) is 0 Å². The quantitative estimate of drug-likeness (QED) is 0.841. The second-order valence-electron chi connectivity index (χ2n) is 4.11. The summed E-state index contributed by atoms with van der Waals surface area (Å²) in [5.74, 6) is 1.52. The van der Waals surface area contributed by atoms with Gasteiger partial charge in [-0.2, -0.15) is 0 Å². The van der Waals surface area contributed by atoms with Gasteiger partial charge in [0.05, 0.1) is 11.4 Å². The number of hydrogen-bond acceptors (Lipinski definition) is 2. The molecule has 1 aliphatic heterocycles. The summed E-state index contributed by atoms with van der Waals surface area (Å²) in [5.41, 5.74) is 1.79. The first-order valence-electron chi connectivity index (χ1n) is 5.78. The van der Waals surface area contributed by atoms with E-state index in [1.165, 1.54) is 5.39 Å². The maximum absolute atomic E-state index is 5.82. The van der Waals surface area contributed by atoms with Crippen molar-refractivity contribution in [1.29, 1.82) is 0 Å². The van der Waals surface area contributed by atoms with Crippen molar-refractivity contribution in [2.24, 2.45) is 0 Å². The zero-order valence-electron chi connectivity index (χ0n) is 9.94. The van der Waals surface area contributed by atoms with Crippen LogP contribution in [-0.2, 0) is 0 Å². The van der Waals surface area contributed by atoms with Crippen LogP contribution in [0.25, 0.3) is 10.8 Å². The van der Waals surface area contributed by atoms with Crippen LogP contribution < -0.4 is 10.1 Å². The number of allylic oxidation sites excluding steroid dienone is 2. The van der Waals surface area contributed by atoms with Crippen molar-refractivity contribution in [3.63, 3.8) is 0 Å². The highest BCUT2D eigenvalue weighted by molar-refractivity contribution is 5.89. The molecule has 0 fully saturated rings. The Morgan fingerprint density at radius 3 is 2.39 bits per heavy atom. The molecule has 0 radical (unpaired) electrons. The molecule has 1 aliphatic rings. The van der Waals surface area contributed by atoms with Crippen molar-refractivity contribution in [3.8, 4) is 5.75 Å². The predicted octanol–water partition coefficient (Wildman–Crippen LogP) is 4.23. The monoisotopic (exact) mass is 235 g/mol. The predicted molar refractivity (Wildman–Crippen MR) is 75.6 cm³/mol. The Kier molecular flexibility index (Phi) is 2.41. The fourth-order valence-corrected chi connectivity index (χ4v) is 2.08. The number of hydrogen-bond donors (Lipinski definition) is 1. The zero-order chi connectivity index (χ0) is 12.5. The zero-order valence-corrected chi connectivity index (χ0v) is 9.94. The van der Waals surface area contributed by atoms with Crippen LogP contribution in [0.3, 0.4) is 0 Å². The average molecular weight is 235 g/mol. The molecule has 0 spiro atoms. The fourth-order valence-electron chi connectivity index (χ4n) is 2.08. The molecule has 2 heteroatoms. The lowest BCUT2D eigenvalue weighted by molar-refractivity contribution is 0.436. The first-order chi connectivity index (χ1) is 8.81. The van der Waals surface area contributed by atoms with E-state index in [0.717, 1.165) is 22.5 Å². The summed E-state index contributed by atoms with van der Waals surface area (Å²) in [6.07, 6.45) is 3.41. The van der Waals surface area contributed by atoms with Gasteiger partial charge in [-0.25, -0.2) is 0 Å². The Morgan fingerprint density at radius 1 is 1.00 bits per heavy atom. The number of ether oxygens (including phenoxy) is 1. The Morgan fingerprint density at radius 2 is 1.72 bits per heavy atom. The summed E-state index contributed by atoms with van der Waals surface area (Å²) in [6.45, 7) is 7.52. The molecule has 18 heavy (non-hydrogen) atoms. The van der Waals surface area contributed by atoms with E-state index >= 15 is 0 Å². The van der Waals surface area contributed by atoms with Crippen molar-refractivity contribution in [1.82, 2.24) is 0 Å². The minimum Gasteiger partial charge on any atom is -0.453 e. The second kappa shape index (κ2) is 4.08. The van der Waals surface area contributed by atoms with E-state index in [4.69, 9.17) is 4.74 Å². The van der Waals surface area contributed by atoms with E-state index in [2.05, 4.69) is 36.7 Å².